The molecule has 1 amide bonds. The van der Waals surface area contributed by atoms with Gasteiger partial charge in [-0.25, -0.2) is 4.98 Å². The number of carbonyl (C=O) groups is 1. The molecule has 0 unspecified atom stereocenters. The van der Waals surface area contributed by atoms with Gasteiger partial charge in [-0.05, 0) is 28.1 Å². The first-order chi connectivity index (χ1) is 7.38. The number of carbonyl (C=O) groups excluding carboxylic acids is 1. The maximum atomic E-state index is 11.8. The Balaban J connectivity index is 2.50. The largest absolute Gasteiger partial charge is 0.389 e. The van der Waals surface area contributed by atoms with Gasteiger partial charge in [0.25, 0.3) is 0 Å². The monoisotopic (exact) mass is 296 g/mol. The molecule has 0 saturated carbocycles. The van der Waals surface area contributed by atoms with Crippen LogP contribution in [-0.2, 0) is 4.79 Å². The van der Waals surface area contributed by atoms with Gasteiger partial charge in [0.05, 0.1) is 12.1 Å². The van der Waals surface area contributed by atoms with Gasteiger partial charge in [-0.2, -0.15) is 13.2 Å². The number of halogens is 4. The summed E-state index contributed by atoms with van der Waals surface area (Å²) in [5.41, 5.74) is 0.356. The van der Waals surface area contributed by atoms with Crippen LogP contribution in [0.25, 0.3) is 0 Å². The van der Waals surface area contributed by atoms with Crippen LogP contribution in [0.4, 0.5) is 18.9 Å². The Bertz CT molecular complexity index is 381. The fraction of sp³-hybridized carbons (Fsp3) is 0.333. The molecule has 1 rings (SSSR count). The van der Waals surface area contributed by atoms with Gasteiger partial charge < -0.3 is 5.32 Å². The van der Waals surface area contributed by atoms with Crippen molar-refractivity contribution in [2.24, 2.45) is 0 Å². The molecule has 1 aromatic rings. The third-order valence-electron chi connectivity index (χ3n) is 1.67. The predicted octanol–water partition coefficient (Wildman–Crippen LogP) is 3.13. The minimum atomic E-state index is -4.32. The summed E-state index contributed by atoms with van der Waals surface area (Å²) < 4.78 is 35.9. The van der Waals surface area contributed by atoms with Crippen LogP contribution in [0.15, 0.2) is 22.9 Å². The molecule has 1 aromatic heterocycles. The number of pyridine rings is 1. The third-order valence-corrected chi connectivity index (χ3v) is 2.30. The summed E-state index contributed by atoms with van der Waals surface area (Å²) in [4.78, 5) is 15.0. The van der Waals surface area contributed by atoms with Crippen molar-refractivity contribution in [1.82, 2.24) is 4.98 Å². The van der Waals surface area contributed by atoms with E-state index in [0.29, 0.717) is 10.3 Å². The molecule has 0 aliphatic heterocycles. The molecule has 0 aromatic carbocycles. The minimum absolute atomic E-state index is 0.356. The third kappa shape index (κ3) is 4.61. The SMILES string of the molecule is O=C(CCC(F)(F)F)Nc1cccnc1Br. The van der Waals surface area contributed by atoms with Crippen molar-refractivity contribution in [1.29, 1.82) is 0 Å². The Labute approximate surface area is 98.2 Å². The molecule has 0 aliphatic rings. The van der Waals surface area contributed by atoms with E-state index < -0.39 is 24.9 Å². The Morgan fingerprint density at radius 3 is 2.75 bits per heavy atom. The van der Waals surface area contributed by atoms with E-state index in [1.807, 2.05) is 0 Å². The molecule has 0 spiro atoms. The van der Waals surface area contributed by atoms with Crippen molar-refractivity contribution < 1.29 is 18.0 Å². The van der Waals surface area contributed by atoms with Gasteiger partial charge in [0.2, 0.25) is 5.91 Å². The average molecular weight is 297 g/mol. The van der Waals surface area contributed by atoms with Crippen molar-refractivity contribution in [3.63, 3.8) is 0 Å². The topological polar surface area (TPSA) is 42.0 Å². The fourth-order valence-corrected chi connectivity index (χ4v) is 1.30. The zero-order valence-electron chi connectivity index (χ0n) is 8.01. The smallest absolute Gasteiger partial charge is 0.324 e. The fourth-order valence-electron chi connectivity index (χ4n) is 0.947. The van der Waals surface area contributed by atoms with Gasteiger partial charge in [0.1, 0.15) is 4.60 Å². The van der Waals surface area contributed by atoms with E-state index in [9.17, 15) is 18.0 Å². The van der Waals surface area contributed by atoms with Crippen molar-refractivity contribution in [3.8, 4) is 0 Å². The van der Waals surface area contributed by atoms with Crippen molar-refractivity contribution in [3.05, 3.63) is 22.9 Å². The lowest BCUT2D eigenvalue weighted by atomic mass is 10.3. The van der Waals surface area contributed by atoms with Gasteiger partial charge in [0.15, 0.2) is 0 Å². The summed E-state index contributed by atoms with van der Waals surface area (Å²) in [5.74, 6) is -0.689. The second-order valence-electron chi connectivity index (χ2n) is 3.01. The number of anilines is 1. The van der Waals surface area contributed by atoms with Crippen molar-refractivity contribution in [2.75, 3.05) is 5.32 Å². The van der Waals surface area contributed by atoms with Gasteiger partial charge in [-0.1, -0.05) is 0 Å². The molecule has 0 saturated heterocycles. The van der Waals surface area contributed by atoms with Crippen molar-refractivity contribution in [2.45, 2.75) is 19.0 Å². The summed E-state index contributed by atoms with van der Waals surface area (Å²) in [5, 5.41) is 2.33. The Morgan fingerprint density at radius 1 is 1.50 bits per heavy atom. The molecular formula is C9H8BrF3N2O. The van der Waals surface area contributed by atoms with Crippen LogP contribution < -0.4 is 5.32 Å². The maximum Gasteiger partial charge on any atom is 0.389 e. The first kappa shape index (κ1) is 13.0. The van der Waals surface area contributed by atoms with Gasteiger partial charge >= 0.3 is 6.18 Å². The Kier molecular flexibility index (Phi) is 4.28. The van der Waals surface area contributed by atoms with Crippen molar-refractivity contribution >= 4 is 27.5 Å². The van der Waals surface area contributed by atoms with E-state index in [0.717, 1.165) is 0 Å². The van der Waals surface area contributed by atoms with E-state index in [1.165, 1.54) is 6.20 Å². The Hall–Kier alpha value is -1.11. The van der Waals surface area contributed by atoms with Crippen LogP contribution in [-0.4, -0.2) is 17.1 Å². The lowest BCUT2D eigenvalue weighted by molar-refractivity contribution is -0.142. The Morgan fingerprint density at radius 2 is 2.19 bits per heavy atom. The summed E-state index contributed by atoms with van der Waals surface area (Å²) in [6.45, 7) is 0. The summed E-state index contributed by atoms with van der Waals surface area (Å²) in [7, 11) is 0. The average Bonchev–Trinajstić information content (AvgIpc) is 2.18. The number of hydrogen-bond acceptors (Lipinski definition) is 2. The van der Waals surface area contributed by atoms with Crippen LogP contribution in [0.3, 0.4) is 0 Å². The lowest BCUT2D eigenvalue weighted by Crippen LogP contribution is -2.16. The van der Waals surface area contributed by atoms with E-state index in [2.05, 4.69) is 26.2 Å². The van der Waals surface area contributed by atoms with E-state index in [4.69, 9.17) is 0 Å². The second-order valence-corrected chi connectivity index (χ2v) is 3.76. The molecule has 0 fully saturated rings. The molecule has 0 bridgehead atoms. The first-order valence-electron chi connectivity index (χ1n) is 4.35. The molecule has 1 N–H and O–H groups in total. The van der Waals surface area contributed by atoms with Crippen LogP contribution in [0.5, 0.6) is 0 Å². The highest BCUT2D eigenvalue weighted by atomic mass is 79.9. The zero-order valence-corrected chi connectivity index (χ0v) is 9.60. The van der Waals surface area contributed by atoms with Gasteiger partial charge in [-0.15, -0.1) is 0 Å². The minimum Gasteiger partial charge on any atom is -0.324 e. The number of hydrogen-bond donors (Lipinski definition) is 1. The summed E-state index contributed by atoms with van der Waals surface area (Å²) >= 11 is 3.07. The number of aromatic nitrogens is 1. The quantitative estimate of drug-likeness (QED) is 0.871. The maximum absolute atomic E-state index is 11.8. The molecular weight excluding hydrogens is 289 g/mol. The lowest BCUT2D eigenvalue weighted by Gasteiger charge is -2.07. The molecule has 0 radical (unpaired) electrons. The number of amides is 1. The molecule has 0 atom stereocenters. The van der Waals surface area contributed by atoms with Gasteiger partial charge in [0, 0.05) is 12.6 Å². The van der Waals surface area contributed by atoms with E-state index >= 15 is 0 Å². The molecule has 88 valence electrons. The molecule has 7 heteroatoms. The predicted molar refractivity (Wildman–Crippen MR) is 55.9 cm³/mol. The van der Waals surface area contributed by atoms with Crippen LogP contribution in [0.2, 0.25) is 0 Å². The number of nitrogens with zero attached hydrogens (tertiary/aromatic N) is 1. The highest BCUT2D eigenvalue weighted by Gasteiger charge is 2.27. The first-order valence-corrected chi connectivity index (χ1v) is 5.15. The van der Waals surface area contributed by atoms with Crippen LogP contribution in [0, 0.1) is 0 Å². The molecule has 1 heterocycles. The standard InChI is InChI=1S/C9H8BrF3N2O/c10-8-6(2-1-5-14-8)15-7(16)3-4-9(11,12)13/h1-2,5H,3-4H2,(H,15,16). The van der Waals surface area contributed by atoms with E-state index in [1.54, 1.807) is 12.1 Å². The number of alkyl halides is 3. The zero-order chi connectivity index (χ0) is 12.2. The second kappa shape index (κ2) is 5.29. The highest BCUT2D eigenvalue weighted by molar-refractivity contribution is 9.10. The van der Waals surface area contributed by atoms with E-state index in [-0.39, 0.29) is 0 Å². The number of nitrogens with one attached hydrogen (secondary N) is 1. The molecule has 0 aliphatic carbocycles. The molecule has 16 heavy (non-hydrogen) atoms. The van der Waals surface area contributed by atoms with Crippen LogP contribution in [0.1, 0.15) is 12.8 Å². The summed E-state index contributed by atoms with van der Waals surface area (Å²) in [6, 6.07) is 3.12. The number of rotatable bonds is 3. The summed E-state index contributed by atoms with van der Waals surface area (Å²) in [6.07, 6.45) is -4.54. The van der Waals surface area contributed by atoms with Crippen LogP contribution >= 0.6 is 15.9 Å². The van der Waals surface area contributed by atoms with Gasteiger partial charge in [-0.3, -0.25) is 4.79 Å². The normalized spacial score (nSPS) is 11.2. The highest BCUT2D eigenvalue weighted by Crippen LogP contribution is 2.23. The molecule has 3 nitrogen and oxygen atoms in total.